The molecule has 1 amide bonds. The zero-order valence-electron chi connectivity index (χ0n) is 20.6. The molecule has 1 aromatic heterocycles. The van der Waals surface area contributed by atoms with Crippen LogP contribution >= 0.6 is 0 Å². The molecule has 188 valence electrons. The van der Waals surface area contributed by atoms with Gasteiger partial charge in [-0.25, -0.2) is 4.68 Å². The highest BCUT2D eigenvalue weighted by Gasteiger charge is 2.34. The quantitative estimate of drug-likeness (QED) is 0.341. The van der Waals surface area contributed by atoms with Gasteiger partial charge in [-0.2, -0.15) is 0 Å². The third-order valence-corrected chi connectivity index (χ3v) is 6.29. The molecule has 9 heteroatoms. The summed E-state index contributed by atoms with van der Waals surface area (Å²) in [5, 5.41) is 8.68. The lowest BCUT2D eigenvalue weighted by molar-refractivity contribution is -0.112. The lowest BCUT2D eigenvalue weighted by atomic mass is 10.1. The zero-order valence-corrected chi connectivity index (χ0v) is 20.6. The molecule has 1 aliphatic rings. The molecule has 2 atom stereocenters. The molecule has 1 unspecified atom stereocenters. The Labute approximate surface area is 210 Å². The van der Waals surface area contributed by atoms with Crippen molar-refractivity contribution in [2.24, 2.45) is 0 Å². The first-order chi connectivity index (χ1) is 17.5. The number of aromatic nitrogens is 3. The van der Waals surface area contributed by atoms with Crippen LogP contribution in [-0.4, -0.2) is 70.0 Å². The van der Waals surface area contributed by atoms with Crippen LogP contribution in [0.15, 0.2) is 54.7 Å². The summed E-state index contributed by atoms with van der Waals surface area (Å²) in [5.74, 6) is 0.351. The number of hydrogen-bond donors (Lipinski definition) is 0. The van der Waals surface area contributed by atoms with Crippen molar-refractivity contribution < 1.29 is 19.1 Å². The summed E-state index contributed by atoms with van der Waals surface area (Å²) in [6.45, 7) is 1.28. The Morgan fingerprint density at radius 2 is 1.92 bits per heavy atom. The number of carbonyl (C=O) groups excluding carboxylic acids is 3. The maximum absolute atomic E-state index is 12.9. The molecular formula is C27H31N5O4. The minimum atomic E-state index is -0.638. The van der Waals surface area contributed by atoms with E-state index in [4.69, 9.17) is 4.74 Å². The molecule has 36 heavy (non-hydrogen) atoms. The minimum Gasteiger partial charge on any atom is -0.487 e. The van der Waals surface area contributed by atoms with Crippen LogP contribution in [-0.2, 0) is 29.2 Å². The van der Waals surface area contributed by atoms with E-state index in [1.165, 1.54) is 10.5 Å². The van der Waals surface area contributed by atoms with Gasteiger partial charge in [0.1, 0.15) is 30.6 Å². The Balaban J connectivity index is 1.45. The number of rotatable bonds is 13. The fraction of sp³-hybridized carbons (Fsp3) is 0.370. The fourth-order valence-corrected chi connectivity index (χ4v) is 4.52. The monoisotopic (exact) mass is 489 g/mol. The standard InChI is InChI=1S/C27H31N5O4/c1-30(2)16-23(14-20-8-4-3-5-9-20)32-15-21(28-29-32)19-36-26-12-6-11-24-25(26)17-31(27(24)35)22(18-34)10-7-13-33/h3-6,8-9,11-13,15,18,22-23H,7,10,14,16-17,19H2,1-2H3/t22?,23-/m1/s1. The summed E-state index contributed by atoms with van der Waals surface area (Å²) in [6, 6.07) is 15.1. The molecule has 0 fully saturated rings. The Bertz CT molecular complexity index is 1190. The smallest absolute Gasteiger partial charge is 0.255 e. The van der Waals surface area contributed by atoms with Crippen molar-refractivity contribution in [1.82, 2.24) is 24.8 Å². The number of aldehydes is 2. The molecule has 0 radical (unpaired) electrons. The molecule has 0 saturated carbocycles. The number of nitrogens with zero attached hydrogens (tertiary/aromatic N) is 5. The van der Waals surface area contributed by atoms with Crippen LogP contribution in [0.2, 0.25) is 0 Å². The van der Waals surface area contributed by atoms with Crippen molar-refractivity contribution in [3.63, 3.8) is 0 Å². The summed E-state index contributed by atoms with van der Waals surface area (Å²) < 4.78 is 7.95. The summed E-state index contributed by atoms with van der Waals surface area (Å²) in [5.41, 5.74) is 3.17. The van der Waals surface area contributed by atoms with Crippen LogP contribution in [0.3, 0.4) is 0 Å². The topological polar surface area (TPSA) is 97.6 Å². The van der Waals surface area contributed by atoms with Crippen LogP contribution in [0.25, 0.3) is 0 Å². The molecule has 0 saturated heterocycles. The first-order valence-electron chi connectivity index (χ1n) is 12.0. The average Bonchev–Trinajstić information content (AvgIpc) is 3.49. The van der Waals surface area contributed by atoms with Crippen LogP contribution in [0.5, 0.6) is 5.75 Å². The second-order valence-corrected chi connectivity index (χ2v) is 9.25. The van der Waals surface area contributed by atoms with Gasteiger partial charge in [0.15, 0.2) is 0 Å². The number of hydrogen-bond acceptors (Lipinski definition) is 7. The van der Waals surface area contributed by atoms with Gasteiger partial charge in [0.25, 0.3) is 5.91 Å². The van der Waals surface area contributed by atoms with E-state index in [0.717, 1.165) is 31.1 Å². The zero-order chi connectivity index (χ0) is 25.5. The number of likely N-dealkylation sites (N-methyl/N-ethyl adjacent to an activating group) is 1. The molecule has 3 aromatic rings. The molecule has 0 spiro atoms. The summed E-state index contributed by atoms with van der Waals surface area (Å²) >= 11 is 0. The van der Waals surface area contributed by atoms with Crippen molar-refractivity contribution >= 4 is 18.5 Å². The van der Waals surface area contributed by atoms with E-state index >= 15 is 0 Å². The van der Waals surface area contributed by atoms with Gasteiger partial charge >= 0.3 is 0 Å². The highest BCUT2D eigenvalue weighted by atomic mass is 16.5. The third kappa shape index (κ3) is 5.85. The van der Waals surface area contributed by atoms with Crippen molar-refractivity contribution in [2.75, 3.05) is 20.6 Å². The lowest BCUT2D eigenvalue weighted by Gasteiger charge is -2.22. The Hall–Kier alpha value is -3.85. The highest BCUT2D eigenvalue weighted by Crippen LogP contribution is 2.33. The molecule has 4 rings (SSSR count). The molecule has 0 N–H and O–H groups in total. The maximum Gasteiger partial charge on any atom is 0.255 e. The maximum atomic E-state index is 12.9. The minimum absolute atomic E-state index is 0.113. The lowest BCUT2D eigenvalue weighted by Crippen LogP contribution is -2.36. The second kappa shape index (κ2) is 11.7. The van der Waals surface area contributed by atoms with Gasteiger partial charge in [0, 0.05) is 24.1 Å². The van der Waals surface area contributed by atoms with Gasteiger partial charge in [0.2, 0.25) is 0 Å². The van der Waals surface area contributed by atoms with Crippen LogP contribution in [0, 0.1) is 0 Å². The SMILES string of the molecule is CN(C)C[C@@H](Cc1ccccc1)n1cc(COc2cccc3c2CN(C(C=O)CCC=O)C3=O)nn1. The van der Waals surface area contributed by atoms with Crippen molar-refractivity contribution in [3.05, 3.63) is 77.1 Å². The summed E-state index contributed by atoms with van der Waals surface area (Å²) in [7, 11) is 4.07. The van der Waals surface area contributed by atoms with Gasteiger partial charge in [-0.05, 0) is 44.6 Å². The van der Waals surface area contributed by atoms with Crippen LogP contribution < -0.4 is 4.74 Å². The van der Waals surface area contributed by atoms with E-state index in [2.05, 4.69) is 27.3 Å². The van der Waals surface area contributed by atoms with E-state index in [9.17, 15) is 14.4 Å². The Morgan fingerprint density at radius 1 is 1.11 bits per heavy atom. The van der Waals surface area contributed by atoms with Gasteiger partial charge in [-0.15, -0.1) is 5.10 Å². The highest BCUT2D eigenvalue weighted by molar-refractivity contribution is 6.00. The van der Waals surface area contributed by atoms with E-state index < -0.39 is 6.04 Å². The van der Waals surface area contributed by atoms with Crippen molar-refractivity contribution in [1.29, 1.82) is 0 Å². The first-order valence-corrected chi connectivity index (χ1v) is 12.0. The molecule has 9 nitrogen and oxygen atoms in total. The number of carbonyl (C=O) groups is 3. The van der Waals surface area contributed by atoms with Crippen molar-refractivity contribution in [3.8, 4) is 5.75 Å². The molecule has 1 aliphatic heterocycles. The predicted molar refractivity (Wildman–Crippen MR) is 134 cm³/mol. The predicted octanol–water partition coefficient (Wildman–Crippen LogP) is 2.70. The molecule has 0 bridgehead atoms. The largest absolute Gasteiger partial charge is 0.487 e. The first kappa shape index (κ1) is 25.2. The van der Waals surface area contributed by atoms with Gasteiger partial charge in [0.05, 0.1) is 24.8 Å². The third-order valence-electron chi connectivity index (χ3n) is 6.29. The normalized spacial score (nSPS) is 14.5. The Morgan fingerprint density at radius 3 is 2.64 bits per heavy atom. The van der Waals surface area contributed by atoms with E-state index in [1.807, 2.05) is 49.2 Å². The van der Waals surface area contributed by atoms with Crippen molar-refractivity contribution in [2.45, 2.75) is 44.5 Å². The molecular weight excluding hydrogens is 458 g/mol. The van der Waals surface area contributed by atoms with Gasteiger partial charge < -0.3 is 24.1 Å². The molecule has 2 aromatic carbocycles. The average molecular weight is 490 g/mol. The number of ether oxygens (including phenoxy) is 1. The van der Waals surface area contributed by atoms with E-state index in [0.29, 0.717) is 23.4 Å². The van der Waals surface area contributed by atoms with Gasteiger partial charge in [-0.3, -0.25) is 4.79 Å². The van der Waals surface area contributed by atoms with Gasteiger partial charge in [-0.1, -0.05) is 41.6 Å². The number of fused-ring (bicyclic) bond motifs is 1. The van der Waals surface area contributed by atoms with E-state index in [-0.39, 0.29) is 31.5 Å². The number of benzene rings is 2. The fourth-order valence-electron chi connectivity index (χ4n) is 4.52. The molecule has 0 aliphatic carbocycles. The summed E-state index contributed by atoms with van der Waals surface area (Å²) in [4.78, 5) is 38.8. The van der Waals surface area contributed by atoms with Crippen LogP contribution in [0.4, 0.5) is 0 Å². The number of amides is 1. The second-order valence-electron chi connectivity index (χ2n) is 9.25. The van der Waals surface area contributed by atoms with E-state index in [1.54, 1.807) is 12.1 Å². The molecule has 2 heterocycles. The van der Waals surface area contributed by atoms with Crippen LogP contribution in [0.1, 0.15) is 46.1 Å². The summed E-state index contributed by atoms with van der Waals surface area (Å²) in [6.07, 6.45) is 4.75. The Kier molecular flexibility index (Phi) is 8.22.